The van der Waals surface area contributed by atoms with Gasteiger partial charge in [0.25, 0.3) is 0 Å². The maximum atomic E-state index is 6.46. The van der Waals surface area contributed by atoms with Crippen molar-refractivity contribution in [2.75, 3.05) is 25.6 Å². The topological polar surface area (TPSA) is 38.3 Å². The van der Waals surface area contributed by atoms with Gasteiger partial charge in [-0.3, -0.25) is 0 Å². The predicted octanol–water partition coefficient (Wildman–Crippen LogP) is 4.73. The summed E-state index contributed by atoms with van der Waals surface area (Å²) in [7, 11) is 4.37. The highest BCUT2D eigenvalue weighted by atomic mass is 32.2. The smallest absolute Gasteiger partial charge is 0.225 e. The number of hydrogen-bond donors (Lipinski definition) is 0. The molecule has 0 amide bonds. The summed E-state index contributed by atoms with van der Waals surface area (Å²) in [6.07, 6.45) is 9.11. The molecule has 2 aliphatic carbocycles. The number of aryl methyl sites for hydroxylation is 1. The summed E-state index contributed by atoms with van der Waals surface area (Å²) in [4.78, 5) is 14.1. The van der Waals surface area contributed by atoms with Crippen LogP contribution in [0.4, 0.5) is 0 Å². The van der Waals surface area contributed by atoms with Crippen molar-refractivity contribution in [1.82, 2.24) is 14.9 Å². The van der Waals surface area contributed by atoms with Crippen molar-refractivity contribution in [1.29, 1.82) is 0 Å². The summed E-state index contributed by atoms with van der Waals surface area (Å²) in [5.41, 5.74) is 1.50. The van der Waals surface area contributed by atoms with Crippen LogP contribution in [0.3, 0.4) is 0 Å². The van der Waals surface area contributed by atoms with Gasteiger partial charge < -0.3 is 9.64 Å². The van der Waals surface area contributed by atoms with Gasteiger partial charge in [-0.25, -0.2) is 9.97 Å². The minimum absolute atomic E-state index is 0.296. The van der Waals surface area contributed by atoms with E-state index >= 15 is 0 Å². The van der Waals surface area contributed by atoms with Gasteiger partial charge in [0.15, 0.2) is 0 Å². The minimum atomic E-state index is 0.296. The first-order valence-electron chi connectivity index (χ1n) is 9.84. The molecule has 0 saturated heterocycles. The zero-order valence-electron chi connectivity index (χ0n) is 16.0. The van der Waals surface area contributed by atoms with Gasteiger partial charge in [-0.1, -0.05) is 6.92 Å². The highest BCUT2D eigenvalue weighted by Crippen LogP contribution is 2.47. The molecule has 4 rings (SSSR count). The van der Waals surface area contributed by atoms with Crippen LogP contribution in [0.15, 0.2) is 6.33 Å². The average Bonchev–Trinajstić information content (AvgIpc) is 3.20. The molecule has 0 N–H and O–H groups in total. The van der Waals surface area contributed by atoms with Gasteiger partial charge in [0.1, 0.15) is 17.3 Å². The Morgan fingerprint density at radius 1 is 1.19 bits per heavy atom. The molecule has 26 heavy (non-hydrogen) atoms. The Morgan fingerprint density at radius 3 is 2.73 bits per heavy atom. The summed E-state index contributed by atoms with van der Waals surface area (Å²) in [6.45, 7) is 2.24. The van der Waals surface area contributed by atoms with E-state index in [-0.39, 0.29) is 0 Å². The van der Waals surface area contributed by atoms with Crippen LogP contribution >= 0.6 is 23.1 Å². The molecule has 2 aromatic rings. The van der Waals surface area contributed by atoms with Crippen LogP contribution in [-0.4, -0.2) is 52.6 Å². The number of aromatic nitrogens is 2. The third-order valence-electron chi connectivity index (χ3n) is 5.87. The molecule has 142 valence electrons. The Balaban J connectivity index is 1.56. The fourth-order valence-corrected chi connectivity index (χ4v) is 6.48. The normalized spacial score (nSPS) is 25.8. The highest BCUT2D eigenvalue weighted by molar-refractivity contribution is 7.99. The number of ether oxygens (including phenoxy) is 1. The molecule has 0 bridgehead atoms. The van der Waals surface area contributed by atoms with Gasteiger partial charge in [-0.15, -0.1) is 11.3 Å². The first-order chi connectivity index (χ1) is 12.7. The molecule has 2 heterocycles. The van der Waals surface area contributed by atoms with Crippen molar-refractivity contribution in [3.05, 3.63) is 16.8 Å². The molecule has 0 spiro atoms. The maximum Gasteiger partial charge on any atom is 0.225 e. The van der Waals surface area contributed by atoms with E-state index in [0.717, 1.165) is 23.6 Å². The van der Waals surface area contributed by atoms with Gasteiger partial charge in [0.05, 0.1) is 5.39 Å². The number of thioether (sulfide) groups is 1. The van der Waals surface area contributed by atoms with Crippen molar-refractivity contribution < 1.29 is 4.74 Å². The molecule has 4 nitrogen and oxygen atoms in total. The Hall–Kier alpha value is -0.850. The van der Waals surface area contributed by atoms with E-state index in [4.69, 9.17) is 4.74 Å². The van der Waals surface area contributed by atoms with Crippen LogP contribution in [0.1, 0.15) is 55.4 Å². The summed E-state index contributed by atoms with van der Waals surface area (Å²) >= 11 is 3.90. The molecule has 0 radical (unpaired) electrons. The summed E-state index contributed by atoms with van der Waals surface area (Å²) in [6, 6.07) is 0.695. The third kappa shape index (κ3) is 3.60. The van der Waals surface area contributed by atoms with Gasteiger partial charge >= 0.3 is 0 Å². The van der Waals surface area contributed by atoms with Gasteiger partial charge in [-0.2, -0.15) is 11.8 Å². The molecular formula is C20H29N3OS2. The molecule has 2 aromatic heterocycles. The molecule has 0 aromatic carbocycles. The molecule has 1 unspecified atom stereocenters. The van der Waals surface area contributed by atoms with Crippen LogP contribution in [-0.2, 0) is 6.42 Å². The van der Waals surface area contributed by atoms with Gasteiger partial charge in [0, 0.05) is 16.7 Å². The van der Waals surface area contributed by atoms with Crippen molar-refractivity contribution in [3.63, 3.8) is 0 Å². The number of rotatable bonds is 6. The standard InChI is InChI=1S/C20H29N3OS2/c1-4-25-11-13-5-10-16-17(13)18-19(21-12-22-20(18)26-16)24-15-8-6-14(7-9-15)23(2)3/h12-15H,4-11H2,1-3H3. The van der Waals surface area contributed by atoms with Crippen LogP contribution in [0, 0.1) is 0 Å². The first kappa shape index (κ1) is 18.5. The van der Waals surface area contributed by atoms with E-state index in [2.05, 4.69) is 35.9 Å². The molecule has 0 aliphatic heterocycles. The monoisotopic (exact) mass is 391 g/mol. The number of hydrogen-bond acceptors (Lipinski definition) is 6. The lowest BCUT2D eigenvalue weighted by Gasteiger charge is -2.32. The lowest BCUT2D eigenvalue weighted by atomic mass is 9.92. The molecule has 1 atom stereocenters. The number of nitrogens with zero attached hydrogens (tertiary/aromatic N) is 3. The second kappa shape index (κ2) is 8.03. The zero-order chi connectivity index (χ0) is 18.1. The predicted molar refractivity (Wildman–Crippen MR) is 112 cm³/mol. The molecule has 6 heteroatoms. The number of fused-ring (bicyclic) bond motifs is 3. The van der Waals surface area contributed by atoms with E-state index in [9.17, 15) is 0 Å². The Bertz CT molecular complexity index is 753. The average molecular weight is 392 g/mol. The van der Waals surface area contributed by atoms with Crippen molar-refractivity contribution in [2.45, 2.75) is 63.5 Å². The Morgan fingerprint density at radius 2 is 2.00 bits per heavy atom. The van der Waals surface area contributed by atoms with Crippen LogP contribution in [0.25, 0.3) is 10.2 Å². The van der Waals surface area contributed by atoms with E-state index in [1.165, 1.54) is 53.0 Å². The van der Waals surface area contributed by atoms with Gasteiger partial charge in [0.2, 0.25) is 5.88 Å². The third-order valence-corrected chi connectivity index (χ3v) is 8.09. The van der Waals surface area contributed by atoms with Crippen LogP contribution in [0.2, 0.25) is 0 Å². The highest BCUT2D eigenvalue weighted by Gasteiger charge is 2.31. The van der Waals surface area contributed by atoms with Crippen molar-refractivity contribution in [3.8, 4) is 5.88 Å². The lowest BCUT2D eigenvalue weighted by molar-refractivity contribution is 0.108. The van der Waals surface area contributed by atoms with E-state index in [0.29, 0.717) is 18.1 Å². The second-order valence-electron chi connectivity index (χ2n) is 7.70. The Kier molecular flexibility index (Phi) is 5.72. The fraction of sp³-hybridized carbons (Fsp3) is 0.700. The van der Waals surface area contributed by atoms with Crippen molar-refractivity contribution >= 4 is 33.3 Å². The lowest BCUT2D eigenvalue weighted by Crippen LogP contribution is -2.35. The zero-order valence-corrected chi connectivity index (χ0v) is 17.7. The summed E-state index contributed by atoms with van der Waals surface area (Å²) in [5.74, 6) is 3.87. The molecule has 1 fully saturated rings. The van der Waals surface area contributed by atoms with Crippen molar-refractivity contribution in [2.24, 2.45) is 0 Å². The number of thiophene rings is 1. The minimum Gasteiger partial charge on any atom is -0.474 e. The maximum absolute atomic E-state index is 6.46. The Labute approximate surface area is 164 Å². The summed E-state index contributed by atoms with van der Waals surface area (Å²) in [5, 5.41) is 1.22. The largest absolute Gasteiger partial charge is 0.474 e. The first-order valence-corrected chi connectivity index (χ1v) is 11.8. The molecular weight excluding hydrogens is 362 g/mol. The molecule has 2 aliphatic rings. The molecule has 1 saturated carbocycles. The van der Waals surface area contributed by atoms with Crippen LogP contribution in [0.5, 0.6) is 5.88 Å². The van der Waals surface area contributed by atoms with Crippen LogP contribution < -0.4 is 4.74 Å². The summed E-state index contributed by atoms with van der Waals surface area (Å²) < 4.78 is 6.46. The quantitative estimate of drug-likeness (QED) is 0.712. The van der Waals surface area contributed by atoms with E-state index in [1.54, 1.807) is 6.33 Å². The van der Waals surface area contributed by atoms with E-state index in [1.807, 2.05) is 23.1 Å². The second-order valence-corrected chi connectivity index (χ2v) is 10.1. The van der Waals surface area contributed by atoms with E-state index < -0.39 is 0 Å². The SMILES string of the molecule is CCSCC1CCc2sc3ncnc(OC4CCC(N(C)C)CC4)c3c21. The fourth-order valence-electron chi connectivity index (χ4n) is 4.39. The van der Waals surface area contributed by atoms with Gasteiger partial charge in [-0.05, 0) is 69.9 Å².